The van der Waals surface area contributed by atoms with Crippen molar-refractivity contribution in [1.82, 2.24) is 0 Å². The largest absolute Gasteiger partial charge is 0.389 e. The van der Waals surface area contributed by atoms with E-state index in [9.17, 15) is 4.79 Å². The van der Waals surface area contributed by atoms with E-state index in [-0.39, 0.29) is 12.0 Å². The number of ether oxygens (including phenoxy) is 1. The number of carbonyl (C=O) groups excluding carboxylic acids is 1. The number of rotatable bonds is 3. The van der Waals surface area contributed by atoms with Crippen LogP contribution in [0.3, 0.4) is 0 Å². The van der Waals surface area contributed by atoms with Crippen molar-refractivity contribution in [3.8, 4) is 0 Å². The van der Waals surface area contributed by atoms with Gasteiger partial charge in [0.15, 0.2) is 0 Å². The van der Waals surface area contributed by atoms with Crippen molar-refractivity contribution < 1.29 is 9.53 Å². The molecule has 1 aliphatic rings. The zero-order valence-electron chi connectivity index (χ0n) is 9.61. The van der Waals surface area contributed by atoms with Gasteiger partial charge in [0.1, 0.15) is 11.1 Å². The molecule has 1 saturated heterocycles. The van der Waals surface area contributed by atoms with E-state index in [4.69, 9.17) is 22.7 Å². The number of thiocarbonyl (C=S) groups is 1. The lowest BCUT2D eigenvalue weighted by Gasteiger charge is -2.12. The summed E-state index contributed by atoms with van der Waals surface area (Å²) in [6.07, 6.45) is 1.36. The molecular formula is C12H13BrN2O2S. The molecule has 6 heteroatoms. The van der Waals surface area contributed by atoms with E-state index < -0.39 is 0 Å². The molecule has 1 amide bonds. The molecule has 18 heavy (non-hydrogen) atoms. The fraction of sp³-hybridized carbons (Fsp3) is 0.333. The first-order chi connectivity index (χ1) is 8.58. The van der Waals surface area contributed by atoms with Crippen molar-refractivity contribution >= 4 is 44.7 Å². The standard InChI is InChI=1S/C12H13BrN2O2S/c13-8-6-7(11(14)18)3-4-9(8)15-12(16)10-2-1-5-17-10/h3-4,6,10H,1-2,5H2,(H2,14,18)(H,15,16). The molecule has 0 saturated carbocycles. The van der Waals surface area contributed by atoms with Crippen LogP contribution in [-0.4, -0.2) is 23.6 Å². The van der Waals surface area contributed by atoms with Gasteiger partial charge < -0.3 is 15.8 Å². The number of anilines is 1. The first-order valence-electron chi connectivity index (χ1n) is 5.60. The van der Waals surface area contributed by atoms with Crippen LogP contribution >= 0.6 is 28.1 Å². The quantitative estimate of drug-likeness (QED) is 0.835. The minimum absolute atomic E-state index is 0.115. The summed E-state index contributed by atoms with van der Waals surface area (Å²) in [7, 11) is 0. The van der Waals surface area contributed by atoms with Gasteiger partial charge in [0.05, 0.1) is 5.69 Å². The van der Waals surface area contributed by atoms with Gasteiger partial charge >= 0.3 is 0 Å². The van der Waals surface area contributed by atoms with Crippen molar-refractivity contribution in [1.29, 1.82) is 0 Å². The summed E-state index contributed by atoms with van der Waals surface area (Å²) in [5.74, 6) is -0.115. The number of halogens is 1. The first-order valence-corrected chi connectivity index (χ1v) is 6.80. The molecule has 1 fully saturated rings. The number of carbonyl (C=O) groups is 1. The molecule has 1 aromatic carbocycles. The summed E-state index contributed by atoms with van der Waals surface area (Å²) < 4.78 is 6.07. The molecule has 4 nitrogen and oxygen atoms in total. The maximum atomic E-state index is 11.9. The van der Waals surface area contributed by atoms with Gasteiger partial charge in [-0.1, -0.05) is 12.2 Å². The summed E-state index contributed by atoms with van der Waals surface area (Å²) in [6, 6.07) is 5.33. The molecular weight excluding hydrogens is 316 g/mol. The second-order valence-electron chi connectivity index (χ2n) is 4.05. The van der Waals surface area contributed by atoms with E-state index in [0.29, 0.717) is 17.3 Å². The van der Waals surface area contributed by atoms with E-state index >= 15 is 0 Å². The van der Waals surface area contributed by atoms with Crippen LogP contribution in [-0.2, 0) is 9.53 Å². The predicted octanol–water partition coefficient (Wildman–Crippen LogP) is 2.20. The maximum absolute atomic E-state index is 11.9. The van der Waals surface area contributed by atoms with Crippen molar-refractivity contribution in [2.45, 2.75) is 18.9 Å². The van der Waals surface area contributed by atoms with Crippen LogP contribution in [0.2, 0.25) is 0 Å². The van der Waals surface area contributed by atoms with Crippen LogP contribution in [0, 0.1) is 0 Å². The van der Waals surface area contributed by atoms with Crippen LogP contribution < -0.4 is 11.1 Å². The zero-order valence-corrected chi connectivity index (χ0v) is 12.0. The predicted molar refractivity (Wildman–Crippen MR) is 77.6 cm³/mol. The Morgan fingerprint density at radius 2 is 2.33 bits per heavy atom. The molecule has 0 radical (unpaired) electrons. The smallest absolute Gasteiger partial charge is 0.253 e. The molecule has 3 N–H and O–H groups in total. The van der Waals surface area contributed by atoms with E-state index in [1.54, 1.807) is 18.2 Å². The van der Waals surface area contributed by atoms with Gasteiger partial charge in [0, 0.05) is 16.6 Å². The van der Waals surface area contributed by atoms with Crippen LogP contribution in [0.4, 0.5) is 5.69 Å². The topological polar surface area (TPSA) is 64.3 Å². The summed E-state index contributed by atoms with van der Waals surface area (Å²) in [6.45, 7) is 0.652. The Bertz CT molecular complexity index is 487. The minimum Gasteiger partial charge on any atom is -0.389 e. The van der Waals surface area contributed by atoms with Gasteiger partial charge in [0.25, 0.3) is 5.91 Å². The van der Waals surface area contributed by atoms with Crippen molar-refractivity contribution in [2.75, 3.05) is 11.9 Å². The first kappa shape index (κ1) is 13.5. The van der Waals surface area contributed by atoms with Gasteiger partial charge in [0.2, 0.25) is 0 Å². The second kappa shape index (κ2) is 5.77. The van der Waals surface area contributed by atoms with Gasteiger partial charge in [-0.05, 0) is 47.0 Å². The maximum Gasteiger partial charge on any atom is 0.253 e. The second-order valence-corrected chi connectivity index (χ2v) is 5.34. The van der Waals surface area contributed by atoms with Crippen molar-refractivity contribution in [3.63, 3.8) is 0 Å². The van der Waals surface area contributed by atoms with E-state index in [1.807, 2.05) is 0 Å². The highest BCUT2D eigenvalue weighted by molar-refractivity contribution is 9.10. The third-order valence-electron chi connectivity index (χ3n) is 2.73. The molecule has 1 aliphatic heterocycles. The van der Waals surface area contributed by atoms with Gasteiger partial charge in [-0.15, -0.1) is 0 Å². The lowest BCUT2D eigenvalue weighted by atomic mass is 10.2. The van der Waals surface area contributed by atoms with Gasteiger partial charge in [-0.2, -0.15) is 0 Å². The normalized spacial score (nSPS) is 18.6. The Labute approximate surface area is 119 Å². The van der Waals surface area contributed by atoms with Gasteiger partial charge in [-0.25, -0.2) is 0 Å². The Balaban J connectivity index is 2.09. The van der Waals surface area contributed by atoms with Crippen LogP contribution in [0.5, 0.6) is 0 Å². The Hall–Kier alpha value is -0.980. The van der Waals surface area contributed by atoms with E-state index in [2.05, 4.69) is 21.2 Å². The number of benzene rings is 1. The van der Waals surface area contributed by atoms with E-state index in [0.717, 1.165) is 22.9 Å². The lowest BCUT2D eigenvalue weighted by Crippen LogP contribution is -2.27. The molecule has 0 aromatic heterocycles. The zero-order chi connectivity index (χ0) is 13.1. The SMILES string of the molecule is NC(=S)c1ccc(NC(=O)C2CCCO2)c(Br)c1. The third-order valence-corrected chi connectivity index (χ3v) is 3.63. The molecule has 96 valence electrons. The van der Waals surface area contributed by atoms with Crippen LogP contribution in [0.1, 0.15) is 18.4 Å². The molecule has 1 aromatic rings. The highest BCUT2D eigenvalue weighted by Gasteiger charge is 2.23. The molecule has 1 atom stereocenters. The number of nitrogens with two attached hydrogens (primary N) is 1. The fourth-order valence-corrected chi connectivity index (χ4v) is 2.37. The monoisotopic (exact) mass is 328 g/mol. The van der Waals surface area contributed by atoms with Crippen LogP contribution in [0.25, 0.3) is 0 Å². The minimum atomic E-state index is -0.341. The Kier molecular flexibility index (Phi) is 4.31. The van der Waals surface area contributed by atoms with Crippen LogP contribution in [0.15, 0.2) is 22.7 Å². The molecule has 1 heterocycles. The molecule has 2 rings (SSSR count). The Morgan fingerprint density at radius 3 is 2.89 bits per heavy atom. The number of nitrogens with one attached hydrogen (secondary N) is 1. The highest BCUT2D eigenvalue weighted by atomic mass is 79.9. The third kappa shape index (κ3) is 3.07. The molecule has 1 unspecified atom stereocenters. The van der Waals surface area contributed by atoms with Gasteiger partial charge in [-0.3, -0.25) is 4.79 Å². The summed E-state index contributed by atoms with van der Waals surface area (Å²) in [4.78, 5) is 12.2. The molecule has 0 aliphatic carbocycles. The fourth-order valence-electron chi connectivity index (χ4n) is 1.77. The summed E-state index contributed by atoms with van der Waals surface area (Å²) in [5, 5.41) is 2.82. The summed E-state index contributed by atoms with van der Waals surface area (Å²) >= 11 is 8.27. The number of hydrogen-bond acceptors (Lipinski definition) is 3. The summed E-state index contributed by atoms with van der Waals surface area (Å²) in [5.41, 5.74) is 6.98. The highest BCUT2D eigenvalue weighted by Crippen LogP contribution is 2.25. The average molecular weight is 329 g/mol. The Morgan fingerprint density at radius 1 is 1.56 bits per heavy atom. The molecule has 0 bridgehead atoms. The van der Waals surface area contributed by atoms with E-state index in [1.165, 1.54) is 0 Å². The number of hydrogen-bond donors (Lipinski definition) is 2. The average Bonchev–Trinajstić information content (AvgIpc) is 2.85. The lowest BCUT2D eigenvalue weighted by molar-refractivity contribution is -0.124. The van der Waals surface area contributed by atoms with Crippen molar-refractivity contribution in [2.24, 2.45) is 5.73 Å². The van der Waals surface area contributed by atoms with Crippen molar-refractivity contribution in [3.05, 3.63) is 28.2 Å². The number of amides is 1. The molecule has 0 spiro atoms.